The van der Waals surface area contributed by atoms with Gasteiger partial charge in [0.05, 0.1) is 5.69 Å². The van der Waals surface area contributed by atoms with Crippen LogP contribution in [0.3, 0.4) is 0 Å². The number of ether oxygens (including phenoxy) is 1. The van der Waals surface area contributed by atoms with Gasteiger partial charge in [0, 0.05) is 25.8 Å². The monoisotopic (exact) mass is 273 g/mol. The molecule has 0 aliphatic rings. The average molecular weight is 273 g/mol. The Morgan fingerprint density at radius 1 is 1.30 bits per heavy atom. The van der Waals surface area contributed by atoms with Crippen LogP contribution in [0.25, 0.3) is 0 Å². The number of hydrogen-bond acceptors (Lipinski definition) is 3. The van der Waals surface area contributed by atoms with Crippen LogP contribution < -0.4 is 10.1 Å². The highest BCUT2D eigenvalue weighted by atomic mass is 16.5. The van der Waals surface area contributed by atoms with Crippen LogP contribution in [0.2, 0.25) is 0 Å². The van der Waals surface area contributed by atoms with Crippen molar-refractivity contribution in [3.05, 3.63) is 47.8 Å². The van der Waals surface area contributed by atoms with Crippen molar-refractivity contribution in [2.24, 2.45) is 0 Å². The standard InChI is InChI=1S/C16H23N3O/c1-3-10-19-15(7-8-18-19)13-17-9-11-20-16-6-4-5-14(2)12-16/h4-8,12,17H,3,9-11,13H2,1-2H3. The van der Waals surface area contributed by atoms with Gasteiger partial charge in [-0.25, -0.2) is 0 Å². The second kappa shape index (κ2) is 7.70. The molecule has 0 unspecified atom stereocenters. The number of aromatic nitrogens is 2. The highest BCUT2D eigenvalue weighted by Crippen LogP contribution is 2.11. The van der Waals surface area contributed by atoms with Gasteiger partial charge in [0.1, 0.15) is 12.4 Å². The van der Waals surface area contributed by atoms with Crippen LogP contribution >= 0.6 is 0 Å². The summed E-state index contributed by atoms with van der Waals surface area (Å²) in [5, 5.41) is 7.69. The molecule has 0 spiro atoms. The van der Waals surface area contributed by atoms with E-state index in [-0.39, 0.29) is 0 Å². The lowest BCUT2D eigenvalue weighted by atomic mass is 10.2. The molecule has 1 aromatic heterocycles. The number of aryl methyl sites for hydroxylation is 2. The Bertz CT molecular complexity index is 522. The Labute approximate surface area is 120 Å². The summed E-state index contributed by atoms with van der Waals surface area (Å²) in [5.41, 5.74) is 2.45. The van der Waals surface area contributed by atoms with E-state index in [2.05, 4.69) is 47.1 Å². The maximum Gasteiger partial charge on any atom is 0.119 e. The molecule has 4 heteroatoms. The predicted molar refractivity (Wildman–Crippen MR) is 80.9 cm³/mol. The third-order valence-electron chi connectivity index (χ3n) is 3.08. The second-order valence-corrected chi connectivity index (χ2v) is 4.89. The third kappa shape index (κ3) is 4.38. The van der Waals surface area contributed by atoms with Crippen molar-refractivity contribution < 1.29 is 4.74 Å². The molecule has 0 saturated heterocycles. The molecular weight excluding hydrogens is 250 g/mol. The van der Waals surface area contributed by atoms with E-state index in [0.29, 0.717) is 6.61 Å². The zero-order valence-corrected chi connectivity index (χ0v) is 12.3. The van der Waals surface area contributed by atoms with Crippen molar-refractivity contribution in [2.75, 3.05) is 13.2 Å². The SMILES string of the molecule is CCCn1nccc1CNCCOc1cccc(C)c1. The molecule has 1 heterocycles. The lowest BCUT2D eigenvalue weighted by Gasteiger charge is -2.09. The number of nitrogens with one attached hydrogen (secondary N) is 1. The molecule has 108 valence electrons. The molecule has 2 rings (SSSR count). The fourth-order valence-corrected chi connectivity index (χ4v) is 2.09. The van der Waals surface area contributed by atoms with E-state index in [1.807, 2.05) is 18.3 Å². The summed E-state index contributed by atoms with van der Waals surface area (Å²) < 4.78 is 7.75. The van der Waals surface area contributed by atoms with Crippen LogP contribution in [0.1, 0.15) is 24.6 Å². The van der Waals surface area contributed by atoms with Crippen LogP contribution in [0.4, 0.5) is 0 Å². The highest BCUT2D eigenvalue weighted by Gasteiger charge is 2.00. The number of rotatable bonds is 8. The molecule has 0 bridgehead atoms. The van der Waals surface area contributed by atoms with Crippen molar-refractivity contribution in [1.29, 1.82) is 0 Å². The Morgan fingerprint density at radius 2 is 2.20 bits per heavy atom. The summed E-state index contributed by atoms with van der Waals surface area (Å²) >= 11 is 0. The molecular formula is C16H23N3O. The number of hydrogen-bond donors (Lipinski definition) is 1. The van der Waals surface area contributed by atoms with Gasteiger partial charge in [0.2, 0.25) is 0 Å². The maximum atomic E-state index is 5.70. The summed E-state index contributed by atoms with van der Waals surface area (Å²) in [7, 11) is 0. The van der Waals surface area contributed by atoms with Gasteiger partial charge < -0.3 is 10.1 Å². The van der Waals surface area contributed by atoms with Crippen LogP contribution in [-0.4, -0.2) is 22.9 Å². The van der Waals surface area contributed by atoms with Gasteiger partial charge in [0.25, 0.3) is 0 Å². The minimum atomic E-state index is 0.672. The van der Waals surface area contributed by atoms with Gasteiger partial charge in [-0.05, 0) is 37.1 Å². The van der Waals surface area contributed by atoms with Gasteiger partial charge >= 0.3 is 0 Å². The van der Waals surface area contributed by atoms with Crippen LogP contribution in [0.5, 0.6) is 5.75 Å². The Kier molecular flexibility index (Phi) is 5.62. The summed E-state index contributed by atoms with van der Waals surface area (Å²) in [6, 6.07) is 10.2. The van der Waals surface area contributed by atoms with Crippen LogP contribution in [-0.2, 0) is 13.1 Å². The largest absolute Gasteiger partial charge is 0.492 e. The summed E-state index contributed by atoms with van der Waals surface area (Å²) in [6.45, 7) is 7.53. The molecule has 0 radical (unpaired) electrons. The molecule has 0 aliphatic carbocycles. The lowest BCUT2D eigenvalue weighted by Crippen LogP contribution is -2.22. The topological polar surface area (TPSA) is 39.1 Å². The second-order valence-electron chi connectivity index (χ2n) is 4.89. The van der Waals surface area contributed by atoms with E-state index >= 15 is 0 Å². The minimum Gasteiger partial charge on any atom is -0.492 e. The lowest BCUT2D eigenvalue weighted by molar-refractivity contribution is 0.312. The fourth-order valence-electron chi connectivity index (χ4n) is 2.09. The molecule has 20 heavy (non-hydrogen) atoms. The summed E-state index contributed by atoms with van der Waals surface area (Å²) in [5.74, 6) is 0.933. The molecule has 0 aliphatic heterocycles. The Hall–Kier alpha value is -1.81. The molecule has 4 nitrogen and oxygen atoms in total. The first-order valence-electron chi connectivity index (χ1n) is 7.20. The first-order valence-corrected chi connectivity index (χ1v) is 7.20. The van der Waals surface area contributed by atoms with E-state index in [4.69, 9.17) is 4.74 Å². The van der Waals surface area contributed by atoms with Crippen LogP contribution in [0.15, 0.2) is 36.5 Å². The molecule has 0 saturated carbocycles. The smallest absolute Gasteiger partial charge is 0.119 e. The van der Waals surface area contributed by atoms with E-state index in [1.54, 1.807) is 0 Å². The predicted octanol–water partition coefficient (Wildman–Crippen LogP) is 2.77. The van der Waals surface area contributed by atoms with Crippen molar-refractivity contribution >= 4 is 0 Å². The van der Waals surface area contributed by atoms with E-state index < -0.39 is 0 Å². The molecule has 1 N–H and O–H groups in total. The quantitative estimate of drug-likeness (QED) is 0.752. The van der Waals surface area contributed by atoms with Gasteiger partial charge in [-0.3, -0.25) is 4.68 Å². The minimum absolute atomic E-state index is 0.672. The zero-order chi connectivity index (χ0) is 14.2. The fraction of sp³-hybridized carbons (Fsp3) is 0.438. The molecule has 0 fully saturated rings. The number of benzene rings is 1. The van der Waals surface area contributed by atoms with Crippen LogP contribution in [0, 0.1) is 6.92 Å². The Balaban J connectivity index is 1.67. The zero-order valence-electron chi connectivity index (χ0n) is 12.3. The van der Waals surface area contributed by atoms with Crippen molar-refractivity contribution in [1.82, 2.24) is 15.1 Å². The first-order chi connectivity index (χ1) is 9.79. The van der Waals surface area contributed by atoms with E-state index in [1.165, 1.54) is 11.3 Å². The van der Waals surface area contributed by atoms with Gasteiger partial charge in [-0.2, -0.15) is 5.10 Å². The molecule has 0 amide bonds. The Morgan fingerprint density at radius 3 is 3.00 bits per heavy atom. The van der Waals surface area contributed by atoms with Crippen molar-refractivity contribution in [3.63, 3.8) is 0 Å². The summed E-state index contributed by atoms with van der Waals surface area (Å²) in [4.78, 5) is 0. The first kappa shape index (κ1) is 14.6. The maximum absolute atomic E-state index is 5.70. The van der Waals surface area contributed by atoms with Gasteiger partial charge in [-0.1, -0.05) is 19.1 Å². The highest BCUT2D eigenvalue weighted by molar-refractivity contribution is 5.27. The van der Waals surface area contributed by atoms with Crippen molar-refractivity contribution in [2.45, 2.75) is 33.4 Å². The normalized spacial score (nSPS) is 10.7. The molecule has 0 atom stereocenters. The molecule has 2 aromatic rings. The average Bonchev–Trinajstić information content (AvgIpc) is 2.86. The van der Waals surface area contributed by atoms with E-state index in [9.17, 15) is 0 Å². The number of nitrogens with zero attached hydrogens (tertiary/aromatic N) is 2. The molecule has 1 aromatic carbocycles. The van der Waals surface area contributed by atoms with Gasteiger partial charge in [-0.15, -0.1) is 0 Å². The summed E-state index contributed by atoms with van der Waals surface area (Å²) in [6.07, 6.45) is 2.96. The third-order valence-corrected chi connectivity index (χ3v) is 3.08. The van der Waals surface area contributed by atoms with Crippen molar-refractivity contribution in [3.8, 4) is 5.75 Å². The van der Waals surface area contributed by atoms with E-state index in [0.717, 1.165) is 31.8 Å². The van der Waals surface area contributed by atoms with Gasteiger partial charge in [0.15, 0.2) is 0 Å².